The fraction of sp³-hybridized carbons (Fsp3) is 0.286. The summed E-state index contributed by atoms with van der Waals surface area (Å²) < 4.78 is 24.8. The van der Waals surface area contributed by atoms with Gasteiger partial charge in [0.05, 0.1) is 16.7 Å². The smallest absolute Gasteiger partial charge is 0.258 e. The van der Waals surface area contributed by atoms with Gasteiger partial charge in [-0.3, -0.25) is 10.1 Å². The van der Waals surface area contributed by atoms with Crippen molar-refractivity contribution in [2.75, 3.05) is 0 Å². The van der Waals surface area contributed by atoms with Gasteiger partial charge in [0.25, 0.3) is 12.1 Å². The second-order valence-corrected chi connectivity index (χ2v) is 2.91. The van der Waals surface area contributed by atoms with Crippen LogP contribution in [0, 0.1) is 17.0 Å². The van der Waals surface area contributed by atoms with Crippen molar-refractivity contribution < 1.29 is 13.7 Å². The molecule has 0 fully saturated rings. The zero-order valence-electron chi connectivity index (χ0n) is 7.00. The lowest BCUT2D eigenvalue weighted by Crippen LogP contribution is -2.01. The molecule has 7 heteroatoms. The van der Waals surface area contributed by atoms with Crippen LogP contribution in [0.2, 0.25) is 5.15 Å². The van der Waals surface area contributed by atoms with Crippen molar-refractivity contribution >= 4 is 17.3 Å². The first-order chi connectivity index (χ1) is 6.43. The van der Waals surface area contributed by atoms with Gasteiger partial charge in [0, 0.05) is 0 Å². The summed E-state index contributed by atoms with van der Waals surface area (Å²) in [5.74, 6) is 0. The minimum Gasteiger partial charge on any atom is -0.258 e. The third-order valence-electron chi connectivity index (χ3n) is 1.61. The molecule has 1 heterocycles. The largest absolute Gasteiger partial charge is 0.283 e. The number of hydrogen-bond acceptors (Lipinski definition) is 3. The zero-order chi connectivity index (χ0) is 10.9. The van der Waals surface area contributed by atoms with E-state index in [2.05, 4.69) is 4.98 Å². The summed E-state index contributed by atoms with van der Waals surface area (Å²) in [7, 11) is 0. The van der Waals surface area contributed by atoms with Crippen molar-refractivity contribution in [1.29, 1.82) is 0 Å². The van der Waals surface area contributed by atoms with Crippen molar-refractivity contribution in [3.8, 4) is 0 Å². The number of aryl methyl sites for hydroxylation is 1. The summed E-state index contributed by atoms with van der Waals surface area (Å²) in [6.07, 6.45) is -2.93. The molecule has 0 spiro atoms. The third-order valence-corrected chi connectivity index (χ3v) is 1.80. The van der Waals surface area contributed by atoms with Gasteiger partial charge in [-0.1, -0.05) is 11.6 Å². The van der Waals surface area contributed by atoms with E-state index in [1.54, 1.807) is 0 Å². The SMILES string of the molecule is Cc1nc(Cl)cc([N+](=O)[O-])c1C(F)F. The highest BCUT2D eigenvalue weighted by atomic mass is 35.5. The fourth-order valence-corrected chi connectivity index (χ4v) is 1.28. The maximum atomic E-state index is 12.4. The molecule has 0 radical (unpaired) electrons. The lowest BCUT2D eigenvalue weighted by Gasteiger charge is -2.04. The van der Waals surface area contributed by atoms with Crippen LogP contribution < -0.4 is 0 Å². The molecule has 1 rings (SSSR count). The molecule has 76 valence electrons. The Kier molecular flexibility index (Phi) is 2.95. The second-order valence-electron chi connectivity index (χ2n) is 2.52. The topological polar surface area (TPSA) is 56.0 Å². The summed E-state index contributed by atoms with van der Waals surface area (Å²) >= 11 is 5.41. The predicted octanol–water partition coefficient (Wildman–Crippen LogP) is 2.89. The summed E-state index contributed by atoms with van der Waals surface area (Å²) in [6, 6.07) is 0.816. The van der Waals surface area contributed by atoms with E-state index in [-0.39, 0.29) is 10.8 Å². The Hall–Kier alpha value is -1.30. The Morgan fingerprint density at radius 1 is 1.64 bits per heavy atom. The van der Waals surface area contributed by atoms with E-state index in [1.807, 2.05) is 0 Å². The van der Waals surface area contributed by atoms with E-state index in [1.165, 1.54) is 6.92 Å². The van der Waals surface area contributed by atoms with Crippen molar-refractivity contribution in [2.24, 2.45) is 0 Å². The van der Waals surface area contributed by atoms with Crippen LogP contribution in [0.4, 0.5) is 14.5 Å². The highest BCUT2D eigenvalue weighted by Gasteiger charge is 2.25. The molecule has 0 saturated carbocycles. The molecule has 0 N–H and O–H groups in total. The van der Waals surface area contributed by atoms with Crippen LogP contribution in [0.5, 0.6) is 0 Å². The summed E-state index contributed by atoms with van der Waals surface area (Å²) in [6.45, 7) is 1.25. The molecule has 0 atom stereocenters. The quantitative estimate of drug-likeness (QED) is 0.439. The summed E-state index contributed by atoms with van der Waals surface area (Å²) in [5, 5.41) is 10.2. The molecule has 0 aliphatic heterocycles. The minimum atomic E-state index is -2.93. The van der Waals surface area contributed by atoms with Gasteiger partial charge in [-0.25, -0.2) is 13.8 Å². The molecule has 0 aliphatic rings. The van der Waals surface area contributed by atoms with Gasteiger partial charge in [-0.2, -0.15) is 0 Å². The molecule has 1 aromatic rings. The number of aromatic nitrogens is 1. The molecule has 1 aromatic heterocycles. The van der Waals surface area contributed by atoms with E-state index in [4.69, 9.17) is 11.6 Å². The molecular weight excluding hydrogens is 218 g/mol. The number of nitrogens with zero attached hydrogens (tertiary/aromatic N) is 2. The molecular formula is C7H5ClF2N2O2. The first-order valence-electron chi connectivity index (χ1n) is 3.53. The van der Waals surface area contributed by atoms with Crippen molar-refractivity contribution in [3.63, 3.8) is 0 Å². The molecule has 0 amide bonds. The lowest BCUT2D eigenvalue weighted by molar-refractivity contribution is -0.386. The van der Waals surface area contributed by atoms with Crippen LogP contribution in [0.1, 0.15) is 17.7 Å². The Labute approximate surface area is 82.7 Å². The molecule has 0 unspecified atom stereocenters. The normalized spacial score (nSPS) is 10.6. The van der Waals surface area contributed by atoms with Crippen LogP contribution in [0.3, 0.4) is 0 Å². The zero-order valence-corrected chi connectivity index (χ0v) is 7.76. The monoisotopic (exact) mass is 222 g/mol. The molecule has 4 nitrogen and oxygen atoms in total. The maximum absolute atomic E-state index is 12.4. The van der Waals surface area contributed by atoms with E-state index in [0.29, 0.717) is 0 Å². The van der Waals surface area contributed by atoms with Gasteiger partial charge in [-0.15, -0.1) is 0 Å². The standard InChI is InChI=1S/C7H5ClF2N2O2/c1-3-6(7(9)10)4(12(13)14)2-5(8)11-3/h2,7H,1H3. The Morgan fingerprint density at radius 3 is 2.64 bits per heavy atom. The van der Waals surface area contributed by atoms with Crippen molar-refractivity contribution in [3.05, 3.63) is 32.6 Å². The van der Waals surface area contributed by atoms with Crippen LogP contribution >= 0.6 is 11.6 Å². The average molecular weight is 223 g/mol. The predicted molar refractivity (Wildman–Crippen MR) is 45.6 cm³/mol. The highest BCUT2D eigenvalue weighted by Crippen LogP contribution is 2.32. The maximum Gasteiger partial charge on any atom is 0.283 e. The molecule has 14 heavy (non-hydrogen) atoms. The highest BCUT2D eigenvalue weighted by molar-refractivity contribution is 6.29. The van der Waals surface area contributed by atoms with Gasteiger partial charge in [-0.05, 0) is 6.92 Å². The van der Waals surface area contributed by atoms with E-state index >= 15 is 0 Å². The fourth-order valence-electron chi connectivity index (χ4n) is 1.05. The Bertz CT molecular complexity index is 384. The van der Waals surface area contributed by atoms with Gasteiger partial charge < -0.3 is 0 Å². The first kappa shape index (κ1) is 10.8. The van der Waals surface area contributed by atoms with Crippen LogP contribution in [-0.4, -0.2) is 9.91 Å². The Balaban J connectivity index is 3.44. The summed E-state index contributed by atoms with van der Waals surface area (Å²) in [5.41, 5.74) is -1.50. The van der Waals surface area contributed by atoms with Crippen molar-refractivity contribution in [1.82, 2.24) is 4.98 Å². The number of halogens is 3. The van der Waals surface area contributed by atoms with Crippen LogP contribution in [0.25, 0.3) is 0 Å². The summed E-state index contributed by atoms with van der Waals surface area (Å²) in [4.78, 5) is 13.0. The number of nitro groups is 1. The van der Waals surface area contributed by atoms with Crippen LogP contribution in [0.15, 0.2) is 6.07 Å². The lowest BCUT2D eigenvalue weighted by atomic mass is 10.2. The van der Waals surface area contributed by atoms with E-state index < -0.39 is 22.6 Å². The molecule has 0 saturated heterocycles. The first-order valence-corrected chi connectivity index (χ1v) is 3.91. The van der Waals surface area contributed by atoms with Gasteiger partial charge in [0.15, 0.2) is 0 Å². The minimum absolute atomic E-state index is 0.126. The number of alkyl halides is 2. The van der Waals surface area contributed by atoms with Crippen LogP contribution in [-0.2, 0) is 0 Å². The number of rotatable bonds is 2. The average Bonchev–Trinajstić information content (AvgIpc) is 2.01. The second kappa shape index (κ2) is 3.83. The van der Waals surface area contributed by atoms with Gasteiger partial charge in [0.1, 0.15) is 10.7 Å². The Morgan fingerprint density at radius 2 is 2.21 bits per heavy atom. The molecule has 0 aliphatic carbocycles. The van der Waals surface area contributed by atoms with E-state index in [0.717, 1.165) is 6.07 Å². The van der Waals surface area contributed by atoms with Gasteiger partial charge >= 0.3 is 0 Å². The number of hydrogen-bond donors (Lipinski definition) is 0. The number of pyridine rings is 1. The van der Waals surface area contributed by atoms with E-state index in [9.17, 15) is 18.9 Å². The third kappa shape index (κ3) is 1.95. The molecule has 0 aromatic carbocycles. The molecule has 0 bridgehead atoms. The van der Waals surface area contributed by atoms with Crippen molar-refractivity contribution in [2.45, 2.75) is 13.3 Å². The van der Waals surface area contributed by atoms with Gasteiger partial charge in [0.2, 0.25) is 0 Å².